The standard InChI is InChI=1S/C16H25N3O2S/c1-15(2,3)22(20,21)19-14-12-5-4-8-18-13(12)11-16(14)6-9-17-10-7-16/h4-5,8,14,17,19H,6-7,9-11H2,1-3H3. The van der Waals surface area contributed by atoms with Crippen molar-refractivity contribution in [2.45, 2.75) is 50.8 Å². The van der Waals surface area contributed by atoms with Gasteiger partial charge in [0, 0.05) is 11.9 Å². The van der Waals surface area contributed by atoms with Crippen molar-refractivity contribution < 1.29 is 8.42 Å². The molecule has 6 heteroatoms. The first-order chi connectivity index (χ1) is 10.3. The zero-order valence-corrected chi connectivity index (χ0v) is 14.3. The highest BCUT2D eigenvalue weighted by Gasteiger charge is 2.49. The molecule has 1 spiro atoms. The molecule has 5 nitrogen and oxygen atoms in total. The monoisotopic (exact) mass is 323 g/mol. The molecule has 22 heavy (non-hydrogen) atoms. The normalized spacial score (nSPS) is 24.4. The molecular formula is C16H25N3O2S. The number of nitrogens with zero attached hydrogens (tertiary/aromatic N) is 1. The van der Waals surface area contributed by atoms with Gasteiger partial charge in [0.15, 0.2) is 0 Å². The number of fused-ring (bicyclic) bond motifs is 1. The summed E-state index contributed by atoms with van der Waals surface area (Å²) in [5, 5.41) is 3.38. The second-order valence-corrected chi connectivity index (χ2v) is 9.96. The van der Waals surface area contributed by atoms with E-state index in [9.17, 15) is 8.42 Å². The van der Waals surface area contributed by atoms with Crippen molar-refractivity contribution in [2.24, 2.45) is 5.41 Å². The van der Waals surface area contributed by atoms with Crippen LogP contribution < -0.4 is 10.0 Å². The largest absolute Gasteiger partial charge is 0.317 e. The van der Waals surface area contributed by atoms with E-state index in [1.165, 1.54) is 0 Å². The first-order valence-electron chi connectivity index (χ1n) is 7.92. The lowest BCUT2D eigenvalue weighted by Gasteiger charge is -2.40. The van der Waals surface area contributed by atoms with Gasteiger partial charge in [0.05, 0.1) is 10.8 Å². The smallest absolute Gasteiger partial charge is 0.217 e. The molecule has 1 aliphatic carbocycles. The Labute approximate surface area is 133 Å². The van der Waals surface area contributed by atoms with Crippen molar-refractivity contribution in [1.29, 1.82) is 0 Å². The molecule has 0 bridgehead atoms. The summed E-state index contributed by atoms with van der Waals surface area (Å²) < 4.78 is 27.6. The lowest BCUT2D eigenvalue weighted by atomic mass is 9.74. The van der Waals surface area contributed by atoms with Crippen molar-refractivity contribution in [2.75, 3.05) is 13.1 Å². The van der Waals surface area contributed by atoms with E-state index in [4.69, 9.17) is 0 Å². The number of nitrogens with one attached hydrogen (secondary N) is 2. The summed E-state index contributed by atoms with van der Waals surface area (Å²) in [5.74, 6) is 0. The second-order valence-electron chi connectivity index (χ2n) is 7.50. The van der Waals surface area contributed by atoms with Crippen molar-refractivity contribution in [3.8, 4) is 0 Å². The van der Waals surface area contributed by atoms with Crippen LogP contribution in [0.25, 0.3) is 0 Å². The van der Waals surface area contributed by atoms with Gasteiger partial charge in [-0.25, -0.2) is 13.1 Å². The van der Waals surface area contributed by atoms with Gasteiger partial charge in [-0.05, 0) is 70.2 Å². The van der Waals surface area contributed by atoms with Crippen LogP contribution in [0.4, 0.5) is 0 Å². The number of aromatic nitrogens is 1. The molecule has 1 fully saturated rings. The summed E-state index contributed by atoms with van der Waals surface area (Å²) in [6, 6.07) is 3.76. The minimum atomic E-state index is -3.40. The number of hydrogen-bond donors (Lipinski definition) is 2. The van der Waals surface area contributed by atoms with Gasteiger partial charge in [-0.3, -0.25) is 4.98 Å². The molecule has 0 amide bonds. The maximum atomic E-state index is 12.7. The molecule has 2 aliphatic rings. The molecule has 3 rings (SSSR count). The van der Waals surface area contributed by atoms with Crippen LogP contribution >= 0.6 is 0 Å². The summed E-state index contributed by atoms with van der Waals surface area (Å²) >= 11 is 0. The number of sulfonamides is 1. The zero-order valence-electron chi connectivity index (χ0n) is 13.5. The molecular weight excluding hydrogens is 298 g/mol. The Morgan fingerprint density at radius 1 is 1.32 bits per heavy atom. The maximum absolute atomic E-state index is 12.7. The highest BCUT2D eigenvalue weighted by Crippen LogP contribution is 2.51. The first-order valence-corrected chi connectivity index (χ1v) is 9.40. The summed E-state index contributed by atoms with van der Waals surface area (Å²) in [6.07, 6.45) is 4.61. The maximum Gasteiger partial charge on any atom is 0.217 e. The summed E-state index contributed by atoms with van der Waals surface area (Å²) in [6.45, 7) is 7.08. The Kier molecular flexibility index (Phi) is 3.82. The third kappa shape index (κ3) is 2.57. The summed E-state index contributed by atoms with van der Waals surface area (Å²) in [4.78, 5) is 4.50. The molecule has 1 aromatic heterocycles. The van der Waals surface area contributed by atoms with Crippen LogP contribution in [-0.2, 0) is 16.4 Å². The van der Waals surface area contributed by atoms with Crippen molar-refractivity contribution in [1.82, 2.24) is 15.0 Å². The lowest BCUT2D eigenvalue weighted by molar-refractivity contribution is 0.163. The number of rotatable bonds is 2. The number of pyridine rings is 1. The zero-order chi connectivity index (χ0) is 16.0. The predicted octanol–water partition coefficient (Wildman–Crippen LogP) is 1.77. The van der Waals surface area contributed by atoms with Crippen LogP contribution in [0, 0.1) is 5.41 Å². The van der Waals surface area contributed by atoms with Gasteiger partial charge in [-0.1, -0.05) is 6.07 Å². The van der Waals surface area contributed by atoms with Gasteiger partial charge in [-0.15, -0.1) is 0 Å². The van der Waals surface area contributed by atoms with E-state index in [1.807, 2.05) is 12.1 Å². The fraction of sp³-hybridized carbons (Fsp3) is 0.688. The van der Waals surface area contributed by atoms with Gasteiger partial charge in [0.1, 0.15) is 0 Å². The lowest BCUT2D eigenvalue weighted by Crippen LogP contribution is -2.48. The first kappa shape index (κ1) is 15.9. The number of hydrogen-bond acceptors (Lipinski definition) is 4. The molecule has 122 valence electrons. The van der Waals surface area contributed by atoms with E-state index in [2.05, 4.69) is 15.0 Å². The SMILES string of the molecule is CC(C)(C)S(=O)(=O)NC1c2cccnc2CC12CCNCC2. The summed E-state index contributed by atoms with van der Waals surface area (Å²) in [7, 11) is -3.40. The van der Waals surface area contributed by atoms with E-state index in [1.54, 1.807) is 27.0 Å². The Bertz CT molecular complexity index is 658. The van der Waals surface area contributed by atoms with Crippen LogP contribution in [0.5, 0.6) is 0 Å². The molecule has 2 heterocycles. The average Bonchev–Trinajstić information content (AvgIpc) is 2.72. The molecule has 0 radical (unpaired) electrons. The Morgan fingerprint density at radius 2 is 2.00 bits per heavy atom. The molecule has 0 saturated carbocycles. The molecule has 1 aliphatic heterocycles. The molecule has 1 saturated heterocycles. The molecule has 1 aromatic rings. The van der Waals surface area contributed by atoms with Crippen LogP contribution in [-0.4, -0.2) is 31.2 Å². The van der Waals surface area contributed by atoms with Gasteiger partial charge in [0.2, 0.25) is 10.0 Å². The van der Waals surface area contributed by atoms with Gasteiger partial charge in [-0.2, -0.15) is 0 Å². The average molecular weight is 323 g/mol. The molecule has 1 unspecified atom stereocenters. The van der Waals surface area contributed by atoms with Gasteiger partial charge in [0.25, 0.3) is 0 Å². The predicted molar refractivity (Wildman–Crippen MR) is 87.0 cm³/mol. The highest BCUT2D eigenvalue weighted by molar-refractivity contribution is 7.90. The van der Waals surface area contributed by atoms with E-state index < -0.39 is 14.8 Å². The van der Waals surface area contributed by atoms with Crippen LogP contribution in [0.2, 0.25) is 0 Å². The number of piperidine rings is 1. The molecule has 2 N–H and O–H groups in total. The van der Waals surface area contributed by atoms with E-state index >= 15 is 0 Å². The van der Waals surface area contributed by atoms with Crippen LogP contribution in [0.1, 0.15) is 50.9 Å². The fourth-order valence-corrected chi connectivity index (χ4v) is 4.58. The van der Waals surface area contributed by atoms with Crippen LogP contribution in [0.3, 0.4) is 0 Å². The van der Waals surface area contributed by atoms with E-state index in [-0.39, 0.29) is 11.5 Å². The van der Waals surface area contributed by atoms with Crippen LogP contribution in [0.15, 0.2) is 18.3 Å². The minimum absolute atomic E-state index is 0.0414. The van der Waals surface area contributed by atoms with E-state index in [0.29, 0.717) is 0 Å². The molecule has 0 aromatic carbocycles. The quantitative estimate of drug-likeness (QED) is 0.870. The Morgan fingerprint density at radius 3 is 2.64 bits per heavy atom. The van der Waals surface area contributed by atoms with Crippen molar-refractivity contribution in [3.63, 3.8) is 0 Å². The van der Waals surface area contributed by atoms with E-state index in [0.717, 1.165) is 43.6 Å². The van der Waals surface area contributed by atoms with Gasteiger partial charge >= 0.3 is 0 Å². The minimum Gasteiger partial charge on any atom is -0.317 e. The third-order valence-electron chi connectivity index (χ3n) is 5.05. The topological polar surface area (TPSA) is 71.1 Å². The third-order valence-corrected chi connectivity index (χ3v) is 7.21. The second kappa shape index (κ2) is 5.28. The Balaban J connectivity index is 2.01. The fourth-order valence-electron chi connectivity index (χ4n) is 3.54. The highest BCUT2D eigenvalue weighted by atomic mass is 32.2. The van der Waals surface area contributed by atoms with Crippen molar-refractivity contribution >= 4 is 10.0 Å². The summed E-state index contributed by atoms with van der Waals surface area (Å²) in [5.41, 5.74) is 2.06. The molecule has 1 atom stereocenters. The van der Waals surface area contributed by atoms with Gasteiger partial charge < -0.3 is 5.32 Å². The Hall–Kier alpha value is -0.980. The van der Waals surface area contributed by atoms with Crippen molar-refractivity contribution in [3.05, 3.63) is 29.6 Å².